The van der Waals surface area contributed by atoms with Crippen LogP contribution in [0, 0.1) is 21.7 Å². The van der Waals surface area contributed by atoms with Gasteiger partial charge in [0.1, 0.15) is 11.6 Å². The van der Waals surface area contributed by atoms with E-state index >= 15 is 0 Å². The van der Waals surface area contributed by atoms with Crippen LogP contribution in [0.5, 0.6) is 11.5 Å². The molecule has 2 aromatic rings. The number of halogens is 2. The number of rotatable bonds is 4. The van der Waals surface area contributed by atoms with Crippen LogP contribution in [0.3, 0.4) is 0 Å². The Hall–Kier alpha value is -2.52. The van der Waals surface area contributed by atoms with Crippen LogP contribution in [-0.2, 0) is 9.31 Å². The van der Waals surface area contributed by atoms with Gasteiger partial charge >= 0.3 is 7.12 Å². The molecule has 0 saturated carbocycles. The third kappa shape index (κ3) is 3.65. The van der Waals surface area contributed by atoms with Gasteiger partial charge in [0.2, 0.25) is 0 Å². The van der Waals surface area contributed by atoms with Crippen molar-refractivity contribution in [3.05, 3.63) is 58.1 Å². The van der Waals surface area contributed by atoms with Gasteiger partial charge in [0, 0.05) is 23.7 Å². The van der Waals surface area contributed by atoms with Crippen molar-refractivity contribution < 1.29 is 27.7 Å². The molecule has 9 heteroatoms. The number of benzene rings is 2. The zero-order valence-electron chi connectivity index (χ0n) is 15.3. The van der Waals surface area contributed by atoms with Crippen LogP contribution in [0.1, 0.15) is 27.7 Å². The molecule has 0 aliphatic carbocycles. The summed E-state index contributed by atoms with van der Waals surface area (Å²) in [5.41, 5.74) is -1.31. The monoisotopic (exact) mass is 377 g/mol. The zero-order valence-corrected chi connectivity index (χ0v) is 15.3. The number of nitro benzene ring substituents is 1. The Labute approximate surface area is 155 Å². The smallest absolute Gasteiger partial charge is 0.455 e. The first-order valence-corrected chi connectivity index (χ1v) is 8.27. The van der Waals surface area contributed by atoms with E-state index in [1.165, 1.54) is 18.2 Å². The SMILES string of the molecule is CC1(C)OB(c2cc([N+](=O)[O-])ccc2Oc2ccc(F)cc2F)OC1(C)C. The summed E-state index contributed by atoms with van der Waals surface area (Å²) < 4.78 is 44.5. The summed E-state index contributed by atoms with van der Waals surface area (Å²) >= 11 is 0. The summed E-state index contributed by atoms with van der Waals surface area (Å²) in [7, 11) is -0.951. The van der Waals surface area contributed by atoms with Crippen LogP contribution in [-0.4, -0.2) is 23.2 Å². The molecule has 6 nitrogen and oxygen atoms in total. The van der Waals surface area contributed by atoms with Gasteiger partial charge in [0.05, 0.1) is 16.1 Å². The molecule has 2 aromatic carbocycles. The molecule has 1 saturated heterocycles. The van der Waals surface area contributed by atoms with Crippen molar-refractivity contribution in [3.8, 4) is 11.5 Å². The average molecular weight is 377 g/mol. The van der Waals surface area contributed by atoms with Gasteiger partial charge < -0.3 is 14.0 Å². The van der Waals surface area contributed by atoms with E-state index in [0.717, 1.165) is 12.1 Å². The van der Waals surface area contributed by atoms with Crippen molar-refractivity contribution in [1.82, 2.24) is 0 Å². The lowest BCUT2D eigenvalue weighted by Gasteiger charge is -2.32. The van der Waals surface area contributed by atoms with Gasteiger partial charge in [0.25, 0.3) is 5.69 Å². The Morgan fingerprint density at radius 1 is 1.00 bits per heavy atom. The fourth-order valence-corrected chi connectivity index (χ4v) is 2.57. The predicted molar refractivity (Wildman–Crippen MR) is 95.2 cm³/mol. The first-order valence-electron chi connectivity index (χ1n) is 8.27. The summed E-state index contributed by atoms with van der Waals surface area (Å²) in [5.74, 6) is -1.74. The van der Waals surface area contributed by atoms with Gasteiger partial charge in [-0.25, -0.2) is 8.78 Å². The number of ether oxygens (including phenoxy) is 1. The second-order valence-corrected chi connectivity index (χ2v) is 7.24. The molecule has 1 fully saturated rings. The van der Waals surface area contributed by atoms with Gasteiger partial charge in [0.15, 0.2) is 11.6 Å². The van der Waals surface area contributed by atoms with E-state index in [1.807, 2.05) is 27.7 Å². The van der Waals surface area contributed by atoms with Crippen molar-refractivity contribution in [2.45, 2.75) is 38.9 Å². The highest BCUT2D eigenvalue weighted by molar-refractivity contribution is 6.63. The molecule has 142 valence electrons. The highest BCUT2D eigenvalue weighted by Gasteiger charge is 2.52. The lowest BCUT2D eigenvalue weighted by atomic mass is 9.78. The number of nitro groups is 1. The molecule has 27 heavy (non-hydrogen) atoms. The number of nitrogens with zero attached hydrogens (tertiary/aromatic N) is 1. The third-order valence-corrected chi connectivity index (χ3v) is 4.83. The number of non-ortho nitro benzene ring substituents is 1. The van der Waals surface area contributed by atoms with Crippen molar-refractivity contribution in [3.63, 3.8) is 0 Å². The van der Waals surface area contributed by atoms with Gasteiger partial charge in [-0.3, -0.25) is 10.1 Å². The molecule has 0 aromatic heterocycles. The first-order chi connectivity index (χ1) is 12.5. The predicted octanol–water partition coefficient (Wildman–Crippen LogP) is 3.96. The second kappa shape index (κ2) is 6.58. The normalized spacial score (nSPS) is 17.8. The van der Waals surface area contributed by atoms with Crippen molar-refractivity contribution in [2.24, 2.45) is 0 Å². The van der Waals surface area contributed by atoms with Crippen LogP contribution >= 0.6 is 0 Å². The standard InChI is InChI=1S/C18H18BF2NO5/c1-17(2)18(3,4)27-19(26-17)13-10-12(22(23)24)6-8-15(13)25-16-7-5-11(20)9-14(16)21/h5-10H,1-4H3. The molecule has 1 aliphatic rings. The molecule has 3 rings (SSSR count). The molecule has 0 amide bonds. The molecule has 0 bridgehead atoms. The van der Waals surface area contributed by atoms with Gasteiger partial charge in [-0.15, -0.1) is 0 Å². The van der Waals surface area contributed by atoms with E-state index in [1.54, 1.807) is 0 Å². The van der Waals surface area contributed by atoms with Crippen LogP contribution in [0.15, 0.2) is 36.4 Å². The maximum atomic E-state index is 14.0. The van der Waals surface area contributed by atoms with E-state index in [-0.39, 0.29) is 22.6 Å². The van der Waals surface area contributed by atoms with E-state index in [2.05, 4.69) is 0 Å². The number of hydrogen-bond acceptors (Lipinski definition) is 5. The highest BCUT2D eigenvalue weighted by atomic mass is 19.1. The molecule has 0 N–H and O–H groups in total. The van der Waals surface area contributed by atoms with Crippen molar-refractivity contribution in [2.75, 3.05) is 0 Å². The Kier molecular flexibility index (Phi) is 4.69. The van der Waals surface area contributed by atoms with Crippen LogP contribution < -0.4 is 10.2 Å². The Balaban J connectivity index is 2.03. The molecular weight excluding hydrogens is 359 g/mol. The number of hydrogen-bond donors (Lipinski definition) is 0. The lowest BCUT2D eigenvalue weighted by molar-refractivity contribution is -0.384. The fourth-order valence-electron chi connectivity index (χ4n) is 2.57. The maximum Gasteiger partial charge on any atom is 0.498 e. The van der Waals surface area contributed by atoms with Crippen LogP contribution in [0.4, 0.5) is 14.5 Å². The summed E-state index contributed by atoms with van der Waals surface area (Å²) in [4.78, 5) is 10.6. The minimum Gasteiger partial charge on any atom is -0.455 e. The quantitative estimate of drug-likeness (QED) is 0.458. The molecule has 1 heterocycles. The summed E-state index contributed by atoms with van der Waals surface area (Å²) in [6.07, 6.45) is 0. The van der Waals surface area contributed by atoms with E-state index < -0.39 is 34.9 Å². The summed E-state index contributed by atoms with van der Waals surface area (Å²) in [6.45, 7) is 7.35. The minimum atomic E-state index is -0.951. The van der Waals surface area contributed by atoms with E-state index in [9.17, 15) is 18.9 Å². The largest absolute Gasteiger partial charge is 0.498 e. The molecule has 0 radical (unpaired) electrons. The Morgan fingerprint density at radius 2 is 1.59 bits per heavy atom. The van der Waals surface area contributed by atoms with Gasteiger partial charge in [-0.2, -0.15) is 0 Å². The summed E-state index contributed by atoms with van der Waals surface area (Å²) in [6, 6.07) is 6.71. The molecule has 0 atom stereocenters. The average Bonchev–Trinajstić information content (AvgIpc) is 2.78. The minimum absolute atomic E-state index is 0.115. The highest BCUT2D eigenvalue weighted by Crippen LogP contribution is 2.38. The van der Waals surface area contributed by atoms with Gasteiger partial charge in [-0.1, -0.05) is 0 Å². The third-order valence-electron chi connectivity index (χ3n) is 4.83. The Bertz CT molecular complexity index is 887. The van der Waals surface area contributed by atoms with Crippen molar-refractivity contribution >= 4 is 18.3 Å². The zero-order chi connectivity index (χ0) is 20.0. The topological polar surface area (TPSA) is 70.8 Å². The van der Waals surface area contributed by atoms with Crippen LogP contribution in [0.2, 0.25) is 0 Å². The molecular formula is C18H18BF2NO5. The van der Waals surface area contributed by atoms with Gasteiger partial charge in [-0.05, 0) is 45.9 Å². The molecule has 1 aliphatic heterocycles. The first kappa shape index (κ1) is 19.3. The second-order valence-electron chi connectivity index (χ2n) is 7.24. The van der Waals surface area contributed by atoms with Crippen LogP contribution in [0.25, 0.3) is 0 Å². The maximum absolute atomic E-state index is 14.0. The lowest BCUT2D eigenvalue weighted by Crippen LogP contribution is -2.41. The molecule has 0 spiro atoms. The van der Waals surface area contributed by atoms with E-state index in [0.29, 0.717) is 6.07 Å². The fraction of sp³-hybridized carbons (Fsp3) is 0.333. The van der Waals surface area contributed by atoms with E-state index in [4.69, 9.17) is 14.0 Å². The van der Waals surface area contributed by atoms with Crippen molar-refractivity contribution in [1.29, 1.82) is 0 Å². The Morgan fingerprint density at radius 3 is 2.15 bits per heavy atom. The summed E-state index contributed by atoms with van der Waals surface area (Å²) in [5, 5.41) is 11.2. The molecule has 0 unspecified atom stereocenters.